The number of nitrogens with zero attached hydrogens (tertiary/aromatic N) is 3. The van der Waals surface area contributed by atoms with E-state index in [-0.39, 0.29) is 18.1 Å². The number of nitrogens with one attached hydrogen (secondary N) is 2. The molecule has 1 aliphatic carbocycles. The second-order valence-corrected chi connectivity index (χ2v) is 12.9. The fraction of sp³-hybridized carbons (Fsp3) is 0.486. The number of carbonyl (C=O) groups excluding carboxylic acids is 2. The van der Waals surface area contributed by atoms with Crippen LogP contribution in [0.25, 0.3) is 0 Å². The summed E-state index contributed by atoms with van der Waals surface area (Å²) < 4.78 is 10.8. The Kier molecular flexibility index (Phi) is 11.8. The molecule has 9 nitrogen and oxygen atoms in total. The SMILES string of the molecule is CCN1CCN(Cc2cc(Cl)c(CC(=O)C3=CCC(C(=O)NCc4cc(OC)cc(OC)c4)(N4CCNCC4)C=C3)c(Cl)c2)CC1. The van der Waals surface area contributed by atoms with Gasteiger partial charge in [0.15, 0.2) is 5.78 Å². The number of ketones is 1. The molecule has 0 saturated carbocycles. The third kappa shape index (κ3) is 8.13. The van der Waals surface area contributed by atoms with Crippen LogP contribution >= 0.6 is 23.2 Å². The topological polar surface area (TPSA) is 86.4 Å². The quantitative estimate of drug-likeness (QED) is 0.350. The summed E-state index contributed by atoms with van der Waals surface area (Å²) in [5, 5.41) is 7.51. The maximum atomic E-state index is 13.9. The van der Waals surface area contributed by atoms with Crippen LogP contribution in [0.1, 0.15) is 30.0 Å². The molecule has 2 N–H and O–H groups in total. The van der Waals surface area contributed by atoms with E-state index in [2.05, 4.69) is 32.3 Å². The molecule has 1 amide bonds. The molecule has 1 atom stereocenters. The van der Waals surface area contributed by atoms with Crippen molar-refractivity contribution in [2.24, 2.45) is 0 Å². The summed E-state index contributed by atoms with van der Waals surface area (Å²) in [6.45, 7) is 11.5. The molecule has 46 heavy (non-hydrogen) atoms. The van der Waals surface area contributed by atoms with E-state index in [4.69, 9.17) is 32.7 Å². The predicted molar refractivity (Wildman–Crippen MR) is 183 cm³/mol. The van der Waals surface area contributed by atoms with Gasteiger partial charge in [0, 0.05) is 93.6 Å². The Hall–Kier alpha value is -2.92. The highest BCUT2D eigenvalue weighted by Crippen LogP contribution is 2.32. The summed E-state index contributed by atoms with van der Waals surface area (Å²) >= 11 is 13.4. The van der Waals surface area contributed by atoms with E-state index in [0.717, 1.165) is 63.5 Å². The first kappa shape index (κ1) is 34.4. The number of amides is 1. The number of allylic oxidation sites excluding steroid dienone is 2. The molecule has 0 aromatic heterocycles. The van der Waals surface area contributed by atoms with Crippen LogP contribution in [0.2, 0.25) is 10.0 Å². The number of carbonyl (C=O) groups is 2. The molecule has 0 spiro atoms. The molecule has 3 aliphatic rings. The van der Waals surface area contributed by atoms with Crippen molar-refractivity contribution in [2.45, 2.75) is 38.4 Å². The number of hydrogen-bond acceptors (Lipinski definition) is 8. The minimum Gasteiger partial charge on any atom is -0.497 e. The molecule has 2 saturated heterocycles. The number of piperazine rings is 2. The van der Waals surface area contributed by atoms with Gasteiger partial charge in [-0.3, -0.25) is 19.4 Å². The first-order chi connectivity index (χ1) is 22.2. The molecule has 1 unspecified atom stereocenters. The maximum absolute atomic E-state index is 13.9. The van der Waals surface area contributed by atoms with Crippen LogP contribution in [-0.4, -0.2) is 105 Å². The highest BCUT2D eigenvalue weighted by atomic mass is 35.5. The highest BCUT2D eigenvalue weighted by Gasteiger charge is 2.43. The van der Waals surface area contributed by atoms with Gasteiger partial charge in [-0.25, -0.2) is 0 Å². The van der Waals surface area contributed by atoms with Crippen LogP contribution in [-0.2, 0) is 29.1 Å². The highest BCUT2D eigenvalue weighted by molar-refractivity contribution is 6.36. The summed E-state index contributed by atoms with van der Waals surface area (Å²) in [6.07, 6.45) is 6.02. The predicted octanol–water partition coefficient (Wildman–Crippen LogP) is 4.11. The number of Topliss-reactive ketones (excluding diaryl/α,β-unsaturated/α-hetero) is 1. The Morgan fingerprint density at radius 1 is 0.891 bits per heavy atom. The van der Waals surface area contributed by atoms with E-state index in [1.54, 1.807) is 26.4 Å². The summed E-state index contributed by atoms with van der Waals surface area (Å²) in [7, 11) is 3.20. The number of halogens is 2. The van der Waals surface area contributed by atoms with Crippen LogP contribution in [0, 0.1) is 0 Å². The van der Waals surface area contributed by atoms with Gasteiger partial charge in [0.05, 0.1) is 14.2 Å². The van der Waals surface area contributed by atoms with Crippen molar-refractivity contribution < 1.29 is 19.1 Å². The number of likely N-dealkylation sites (N-methyl/N-ethyl adjacent to an activating group) is 1. The van der Waals surface area contributed by atoms with Crippen molar-refractivity contribution in [1.82, 2.24) is 25.3 Å². The van der Waals surface area contributed by atoms with Gasteiger partial charge in [-0.2, -0.15) is 0 Å². The molecule has 248 valence electrons. The average Bonchev–Trinajstić information content (AvgIpc) is 3.09. The second-order valence-electron chi connectivity index (χ2n) is 12.1. The lowest BCUT2D eigenvalue weighted by Gasteiger charge is -2.43. The normalized spacial score (nSPS) is 21.1. The molecule has 2 aromatic rings. The van der Waals surface area contributed by atoms with Crippen molar-refractivity contribution >= 4 is 34.9 Å². The van der Waals surface area contributed by atoms with E-state index >= 15 is 0 Å². The van der Waals surface area contributed by atoms with E-state index in [1.807, 2.05) is 36.4 Å². The van der Waals surface area contributed by atoms with Gasteiger partial charge < -0.3 is 25.0 Å². The molecule has 2 aromatic carbocycles. The fourth-order valence-electron chi connectivity index (χ4n) is 6.45. The molecule has 11 heteroatoms. The Labute approximate surface area is 282 Å². The van der Waals surface area contributed by atoms with Gasteiger partial charge in [-0.15, -0.1) is 0 Å². The lowest BCUT2D eigenvalue weighted by Crippen LogP contribution is -2.62. The van der Waals surface area contributed by atoms with Crippen molar-refractivity contribution in [1.29, 1.82) is 0 Å². The van der Waals surface area contributed by atoms with E-state index in [1.165, 1.54) is 0 Å². The maximum Gasteiger partial charge on any atom is 0.245 e. The molecule has 0 bridgehead atoms. The second kappa shape index (κ2) is 15.8. The van der Waals surface area contributed by atoms with Gasteiger partial charge in [-0.1, -0.05) is 48.4 Å². The third-order valence-corrected chi connectivity index (χ3v) is 9.96. The molecule has 2 fully saturated rings. The summed E-state index contributed by atoms with van der Waals surface area (Å²) in [4.78, 5) is 34.5. The Morgan fingerprint density at radius 3 is 2.09 bits per heavy atom. The number of rotatable bonds is 12. The summed E-state index contributed by atoms with van der Waals surface area (Å²) in [5.41, 5.74) is 2.19. The largest absolute Gasteiger partial charge is 0.497 e. The summed E-state index contributed by atoms with van der Waals surface area (Å²) in [6, 6.07) is 9.43. The first-order valence-electron chi connectivity index (χ1n) is 16.0. The molecular formula is C35H45Cl2N5O4. The van der Waals surface area contributed by atoms with Crippen LogP contribution in [0.3, 0.4) is 0 Å². The van der Waals surface area contributed by atoms with Crippen LogP contribution in [0.15, 0.2) is 54.1 Å². The van der Waals surface area contributed by atoms with Crippen LogP contribution in [0.4, 0.5) is 0 Å². The smallest absolute Gasteiger partial charge is 0.245 e. The Bertz CT molecular complexity index is 1420. The van der Waals surface area contributed by atoms with E-state index in [9.17, 15) is 9.59 Å². The van der Waals surface area contributed by atoms with E-state index < -0.39 is 5.54 Å². The average molecular weight is 671 g/mol. The third-order valence-electron chi connectivity index (χ3n) is 9.29. The number of methoxy groups -OCH3 is 2. The molecule has 5 rings (SSSR count). The van der Waals surface area contributed by atoms with Crippen LogP contribution < -0.4 is 20.1 Å². The zero-order valence-electron chi connectivity index (χ0n) is 27.0. The van der Waals surface area contributed by atoms with Gasteiger partial charge in [0.2, 0.25) is 5.91 Å². The Balaban J connectivity index is 1.26. The van der Waals surface area contributed by atoms with Gasteiger partial charge in [0.25, 0.3) is 0 Å². The molecule has 2 heterocycles. The minimum absolute atomic E-state index is 0.0821. The van der Waals surface area contributed by atoms with Crippen molar-refractivity contribution in [3.05, 3.63) is 80.9 Å². The van der Waals surface area contributed by atoms with Gasteiger partial charge in [-0.05, 0) is 53.9 Å². The zero-order valence-corrected chi connectivity index (χ0v) is 28.6. The molecular weight excluding hydrogens is 625 g/mol. The van der Waals surface area contributed by atoms with E-state index in [0.29, 0.717) is 58.7 Å². The number of benzene rings is 2. The number of hydrogen-bond donors (Lipinski definition) is 2. The lowest BCUT2D eigenvalue weighted by atomic mass is 9.83. The standard InChI is InChI=1S/C35H45Cl2N5O4/c1-4-40-13-15-41(16-14-40)24-26-19-31(36)30(32(37)20-26)22-33(43)27-5-7-35(8-6-27,42-11-9-38-10-12-42)34(44)39-23-25-17-28(45-2)21-29(18-25)46-3/h5-7,17-21,38H,4,8-16,22-24H2,1-3H3,(H,39,44). The van der Waals surface area contributed by atoms with Gasteiger partial charge >= 0.3 is 0 Å². The zero-order chi connectivity index (χ0) is 32.7. The van der Waals surface area contributed by atoms with Crippen LogP contribution in [0.5, 0.6) is 11.5 Å². The molecule has 2 aliphatic heterocycles. The minimum atomic E-state index is -0.908. The summed E-state index contributed by atoms with van der Waals surface area (Å²) in [5.74, 6) is 1.11. The fourth-order valence-corrected chi connectivity index (χ4v) is 7.12. The lowest BCUT2D eigenvalue weighted by molar-refractivity contribution is -0.131. The van der Waals surface area contributed by atoms with Crippen molar-refractivity contribution in [3.8, 4) is 11.5 Å². The van der Waals surface area contributed by atoms with Crippen molar-refractivity contribution in [3.63, 3.8) is 0 Å². The Morgan fingerprint density at radius 2 is 1.52 bits per heavy atom. The van der Waals surface area contributed by atoms with Crippen molar-refractivity contribution in [2.75, 3.05) is 73.1 Å². The number of ether oxygens (including phenoxy) is 2. The van der Waals surface area contributed by atoms with Gasteiger partial charge in [0.1, 0.15) is 17.0 Å². The molecule has 0 radical (unpaired) electrons. The first-order valence-corrected chi connectivity index (χ1v) is 16.8. The monoisotopic (exact) mass is 669 g/mol.